The molecular formula is C16H17NO5S2. The van der Waals surface area contributed by atoms with Crippen molar-refractivity contribution < 1.29 is 24.2 Å². The van der Waals surface area contributed by atoms with E-state index in [2.05, 4.69) is 0 Å². The second-order valence-corrected chi connectivity index (χ2v) is 6.57. The predicted octanol–water partition coefficient (Wildman–Crippen LogP) is 2.77. The molecule has 1 unspecified atom stereocenters. The van der Waals surface area contributed by atoms with Crippen molar-refractivity contribution in [3.8, 4) is 11.5 Å². The van der Waals surface area contributed by atoms with Gasteiger partial charge in [0.05, 0.1) is 19.1 Å². The van der Waals surface area contributed by atoms with E-state index in [1.165, 1.54) is 14.2 Å². The van der Waals surface area contributed by atoms with Gasteiger partial charge in [0.25, 0.3) is 5.91 Å². The lowest BCUT2D eigenvalue weighted by atomic mass is 10.1. The van der Waals surface area contributed by atoms with Crippen LogP contribution in [-0.2, 0) is 9.59 Å². The zero-order valence-corrected chi connectivity index (χ0v) is 15.1. The molecule has 0 bridgehead atoms. The molecule has 1 aliphatic heterocycles. The number of methoxy groups -OCH3 is 2. The summed E-state index contributed by atoms with van der Waals surface area (Å²) in [4.78, 5) is 25.4. The molecule has 0 radical (unpaired) electrons. The summed E-state index contributed by atoms with van der Waals surface area (Å²) >= 11 is 6.27. The van der Waals surface area contributed by atoms with Crippen LogP contribution in [0.1, 0.15) is 18.9 Å². The Bertz CT molecular complexity index is 716. The van der Waals surface area contributed by atoms with Gasteiger partial charge in [-0.2, -0.15) is 0 Å². The van der Waals surface area contributed by atoms with Crippen molar-refractivity contribution in [3.63, 3.8) is 0 Å². The van der Waals surface area contributed by atoms with Gasteiger partial charge in [-0.25, -0.2) is 4.79 Å². The molecule has 0 aliphatic carbocycles. The van der Waals surface area contributed by atoms with E-state index in [1.807, 2.05) is 0 Å². The van der Waals surface area contributed by atoms with Gasteiger partial charge in [0.2, 0.25) is 0 Å². The van der Waals surface area contributed by atoms with Gasteiger partial charge in [-0.1, -0.05) is 43.0 Å². The van der Waals surface area contributed by atoms with E-state index in [0.29, 0.717) is 22.0 Å². The summed E-state index contributed by atoms with van der Waals surface area (Å²) in [5.74, 6) is -0.452. The van der Waals surface area contributed by atoms with Crippen LogP contribution < -0.4 is 9.47 Å². The Labute approximate surface area is 149 Å². The first-order valence-electron chi connectivity index (χ1n) is 7.15. The van der Waals surface area contributed by atoms with Gasteiger partial charge >= 0.3 is 5.97 Å². The zero-order valence-electron chi connectivity index (χ0n) is 13.4. The number of hydrogen-bond donors (Lipinski definition) is 1. The normalized spacial score (nSPS) is 17.3. The van der Waals surface area contributed by atoms with E-state index >= 15 is 0 Å². The number of aliphatic carboxylic acids is 1. The summed E-state index contributed by atoms with van der Waals surface area (Å²) in [5.41, 5.74) is 0.653. The first kappa shape index (κ1) is 18.3. The summed E-state index contributed by atoms with van der Waals surface area (Å²) < 4.78 is 10.8. The fraction of sp³-hybridized carbons (Fsp3) is 0.312. The molecule has 8 heteroatoms. The lowest BCUT2D eigenvalue weighted by Gasteiger charge is -2.21. The first-order valence-corrected chi connectivity index (χ1v) is 8.37. The predicted molar refractivity (Wildman–Crippen MR) is 96.3 cm³/mol. The summed E-state index contributed by atoms with van der Waals surface area (Å²) in [7, 11) is 3.04. The van der Waals surface area contributed by atoms with Crippen molar-refractivity contribution in [1.29, 1.82) is 0 Å². The Balaban J connectivity index is 2.41. The average molecular weight is 367 g/mol. The summed E-state index contributed by atoms with van der Waals surface area (Å²) in [6, 6.07) is 4.34. The Morgan fingerprint density at radius 1 is 1.42 bits per heavy atom. The first-order chi connectivity index (χ1) is 11.4. The van der Waals surface area contributed by atoms with Crippen LogP contribution in [0, 0.1) is 0 Å². The molecular weight excluding hydrogens is 350 g/mol. The molecule has 128 valence electrons. The van der Waals surface area contributed by atoms with Gasteiger partial charge in [0.1, 0.15) is 10.4 Å². The van der Waals surface area contributed by atoms with Crippen LogP contribution >= 0.6 is 24.0 Å². The van der Waals surface area contributed by atoms with Gasteiger partial charge in [-0.15, -0.1) is 0 Å². The Morgan fingerprint density at radius 3 is 2.67 bits per heavy atom. The number of rotatable bonds is 6. The minimum Gasteiger partial charge on any atom is -0.493 e. The van der Waals surface area contributed by atoms with Crippen LogP contribution in [0.3, 0.4) is 0 Å². The number of thiocarbonyl (C=S) groups is 1. The number of para-hydroxylation sites is 1. The lowest BCUT2D eigenvalue weighted by Crippen LogP contribution is -2.43. The molecule has 2 rings (SSSR count). The zero-order chi connectivity index (χ0) is 17.9. The summed E-state index contributed by atoms with van der Waals surface area (Å²) in [6.45, 7) is 1.70. The van der Waals surface area contributed by atoms with Crippen LogP contribution in [-0.4, -0.2) is 46.5 Å². The maximum absolute atomic E-state index is 12.6. The highest BCUT2D eigenvalue weighted by Gasteiger charge is 2.39. The lowest BCUT2D eigenvalue weighted by molar-refractivity contribution is -0.145. The van der Waals surface area contributed by atoms with Crippen LogP contribution in [0.25, 0.3) is 6.08 Å². The van der Waals surface area contributed by atoms with E-state index in [-0.39, 0.29) is 10.7 Å². The van der Waals surface area contributed by atoms with E-state index in [9.17, 15) is 14.7 Å². The van der Waals surface area contributed by atoms with Gasteiger partial charge in [0.15, 0.2) is 11.5 Å². The highest BCUT2D eigenvalue weighted by atomic mass is 32.2. The van der Waals surface area contributed by atoms with Crippen molar-refractivity contribution in [2.45, 2.75) is 19.4 Å². The van der Waals surface area contributed by atoms with E-state index in [1.54, 1.807) is 31.2 Å². The molecule has 1 aromatic carbocycles. The molecule has 0 saturated carbocycles. The number of amides is 1. The standard InChI is InChI=1S/C16H17NO5S2/c1-4-10(15(19)20)17-14(18)12(24-16(17)23)8-9-6-5-7-11(21-2)13(9)22-3/h5-8,10H,4H2,1-3H3,(H,19,20)/b12-8+. The average Bonchev–Trinajstić information content (AvgIpc) is 2.82. The number of carbonyl (C=O) groups is 2. The van der Waals surface area contributed by atoms with Gasteiger partial charge in [-0.05, 0) is 18.6 Å². The van der Waals surface area contributed by atoms with Crippen molar-refractivity contribution in [2.24, 2.45) is 0 Å². The molecule has 1 aliphatic rings. The molecule has 1 N–H and O–H groups in total. The topological polar surface area (TPSA) is 76.1 Å². The molecule has 1 aromatic rings. The second-order valence-electron chi connectivity index (χ2n) is 4.90. The quantitative estimate of drug-likeness (QED) is 0.612. The molecule has 24 heavy (non-hydrogen) atoms. The molecule has 1 saturated heterocycles. The monoisotopic (exact) mass is 367 g/mol. The van der Waals surface area contributed by atoms with Crippen LogP contribution in [0.5, 0.6) is 11.5 Å². The third-order valence-corrected chi connectivity index (χ3v) is 4.86. The van der Waals surface area contributed by atoms with E-state index in [4.69, 9.17) is 21.7 Å². The highest BCUT2D eigenvalue weighted by Crippen LogP contribution is 2.38. The third-order valence-electron chi connectivity index (χ3n) is 3.53. The highest BCUT2D eigenvalue weighted by molar-refractivity contribution is 8.26. The fourth-order valence-corrected chi connectivity index (χ4v) is 3.73. The third kappa shape index (κ3) is 3.39. The van der Waals surface area contributed by atoms with Crippen molar-refractivity contribution in [3.05, 3.63) is 28.7 Å². The number of carboxylic acids is 1. The summed E-state index contributed by atoms with van der Waals surface area (Å²) in [5, 5.41) is 9.28. The maximum atomic E-state index is 12.6. The maximum Gasteiger partial charge on any atom is 0.326 e. The molecule has 6 nitrogen and oxygen atoms in total. The minimum absolute atomic E-state index is 0.238. The van der Waals surface area contributed by atoms with Crippen molar-refractivity contribution >= 4 is 46.3 Å². The minimum atomic E-state index is -1.07. The molecule has 1 amide bonds. The largest absolute Gasteiger partial charge is 0.493 e. The molecule has 1 atom stereocenters. The van der Waals surface area contributed by atoms with E-state index in [0.717, 1.165) is 16.7 Å². The van der Waals surface area contributed by atoms with Crippen LogP contribution in [0.2, 0.25) is 0 Å². The number of carboxylic acid groups (broad SMARTS) is 1. The smallest absolute Gasteiger partial charge is 0.326 e. The van der Waals surface area contributed by atoms with Crippen molar-refractivity contribution in [1.82, 2.24) is 4.90 Å². The number of thioether (sulfide) groups is 1. The van der Waals surface area contributed by atoms with E-state index < -0.39 is 17.9 Å². The van der Waals surface area contributed by atoms with Gasteiger partial charge in [-0.3, -0.25) is 9.69 Å². The molecule has 0 spiro atoms. The van der Waals surface area contributed by atoms with Crippen LogP contribution in [0.4, 0.5) is 0 Å². The number of benzene rings is 1. The van der Waals surface area contributed by atoms with Crippen molar-refractivity contribution in [2.75, 3.05) is 14.2 Å². The van der Waals surface area contributed by atoms with Gasteiger partial charge < -0.3 is 14.6 Å². The summed E-state index contributed by atoms with van der Waals surface area (Å²) in [6.07, 6.45) is 1.91. The Hall–Kier alpha value is -2.06. The Kier molecular flexibility index (Phi) is 5.84. The molecule has 1 heterocycles. The van der Waals surface area contributed by atoms with Gasteiger partial charge in [0, 0.05) is 5.56 Å². The van der Waals surface area contributed by atoms with Crippen LogP contribution in [0.15, 0.2) is 23.1 Å². The Morgan fingerprint density at radius 2 is 2.12 bits per heavy atom. The molecule has 1 fully saturated rings. The second kappa shape index (κ2) is 7.67. The SMILES string of the molecule is CCC(C(=O)O)N1C(=O)/C(=C\c2cccc(OC)c2OC)SC1=S. The number of ether oxygens (including phenoxy) is 2. The number of nitrogens with zero attached hydrogens (tertiary/aromatic N) is 1. The number of hydrogen-bond acceptors (Lipinski definition) is 6. The fourth-order valence-electron chi connectivity index (χ4n) is 2.38. The number of carbonyl (C=O) groups excluding carboxylic acids is 1. The molecule has 0 aromatic heterocycles.